The molecule has 0 unspecified atom stereocenters. The minimum absolute atomic E-state index is 0.121. The van der Waals surface area contributed by atoms with Crippen molar-refractivity contribution in [1.82, 2.24) is 10.2 Å². The Morgan fingerprint density at radius 1 is 1.17 bits per heavy atom. The van der Waals surface area contributed by atoms with Crippen molar-refractivity contribution in [2.24, 2.45) is 0 Å². The van der Waals surface area contributed by atoms with E-state index in [4.69, 9.17) is 11.6 Å². The molecule has 29 heavy (non-hydrogen) atoms. The first kappa shape index (κ1) is 21.6. The van der Waals surface area contributed by atoms with Crippen molar-refractivity contribution in [1.29, 1.82) is 0 Å². The maximum Gasteiger partial charge on any atom is 0.261 e. The highest BCUT2D eigenvalue weighted by Crippen LogP contribution is 2.27. The number of halogens is 1. The van der Waals surface area contributed by atoms with Gasteiger partial charge in [0.2, 0.25) is 5.13 Å². The number of nitrogens with one attached hydrogen (secondary N) is 2. The van der Waals surface area contributed by atoms with Gasteiger partial charge in [0.05, 0.1) is 15.5 Å². The third kappa shape index (κ3) is 5.47. The number of carbonyl (C=O) groups excluding carboxylic acids is 1. The highest BCUT2D eigenvalue weighted by atomic mass is 35.5. The Morgan fingerprint density at radius 2 is 1.90 bits per heavy atom. The summed E-state index contributed by atoms with van der Waals surface area (Å²) in [5, 5.41) is 11.1. The molecular formula is C18H17ClN4O3S3. The van der Waals surface area contributed by atoms with Crippen LogP contribution < -0.4 is 10.0 Å². The summed E-state index contributed by atoms with van der Waals surface area (Å²) >= 11 is 8.92. The topological polar surface area (TPSA) is 101 Å². The molecule has 7 nitrogen and oxygen atoms in total. The van der Waals surface area contributed by atoms with E-state index in [1.54, 1.807) is 12.1 Å². The van der Waals surface area contributed by atoms with Crippen LogP contribution in [0, 0.1) is 6.92 Å². The lowest BCUT2D eigenvalue weighted by Gasteiger charge is -2.11. The highest BCUT2D eigenvalue weighted by Gasteiger charge is 2.18. The standard InChI is InChI=1S/C18H17ClN4O3S3/c1-3-27-18-22-21-17(28-18)20-16(24)14-10-12(6-9-15(14)19)23-29(25,26)13-7-4-11(2)5-8-13/h4-10,23H,3H2,1-2H3,(H,20,21,24). The van der Waals surface area contributed by atoms with Crippen molar-refractivity contribution in [3.8, 4) is 0 Å². The molecule has 11 heteroatoms. The second-order valence-corrected chi connectivity index (χ2v) is 10.5. The zero-order chi connectivity index (χ0) is 21.0. The number of thioether (sulfide) groups is 1. The first-order chi connectivity index (χ1) is 13.8. The minimum Gasteiger partial charge on any atom is -0.296 e. The maximum absolute atomic E-state index is 12.6. The van der Waals surface area contributed by atoms with Gasteiger partial charge in [0, 0.05) is 5.69 Å². The summed E-state index contributed by atoms with van der Waals surface area (Å²) in [6, 6.07) is 10.8. The van der Waals surface area contributed by atoms with Gasteiger partial charge in [-0.15, -0.1) is 10.2 Å². The van der Waals surface area contributed by atoms with E-state index in [0.29, 0.717) is 5.13 Å². The van der Waals surface area contributed by atoms with Crippen molar-refractivity contribution >= 4 is 61.4 Å². The number of hydrogen-bond donors (Lipinski definition) is 2. The number of aromatic nitrogens is 2. The molecule has 0 spiro atoms. The molecule has 2 aromatic carbocycles. The molecular weight excluding hydrogens is 452 g/mol. The van der Waals surface area contributed by atoms with Crippen LogP contribution in [0.25, 0.3) is 0 Å². The summed E-state index contributed by atoms with van der Waals surface area (Å²) in [6.45, 7) is 3.86. The second kappa shape index (κ2) is 9.12. The molecule has 0 aliphatic carbocycles. The van der Waals surface area contributed by atoms with E-state index in [1.807, 2.05) is 13.8 Å². The average molecular weight is 469 g/mol. The first-order valence-electron chi connectivity index (χ1n) is 8.45. The Hall–Kier alpha value is -2.14. The zero-order valence-electron chi connectivity index (χ0n) is 15.5. The van der Waals surface area contributed by atoms with E-state index in [1.165, 1.54) is 53.4 Å². The zero-order valence-corrected chi connectivity index (χ0v) is 18.7. The van der Waals surface area contributed by atoms with Crippen molar-refractivity contribution in [2.45, 2.75) is 23.1 Å². The Morgan fingerprint density at radius 3 is 2.59 bits per heavy atom. The van der Waals surface area contributed by atoms with E-state index >= 15 is 0 Å². The smallest absolute Gasteiger partial charge is 0.261 e. The molecule has 1 amide bonds. The summed E-state index contributed by atoms with van der Waals surface area (Å²) in [5.74, 6) is 0.341. The van der Waals surface area contributed by atoms with Crippen LogP contribution in [-0.4, -0.2) is 30.3 Å². The average Bonchev–Trinajstić information content (AvgIpc) is 3.10. The second-order valence-electron chi connectivity index (χ2n) is 5.87. The van der Waals surface area contributed by atoms with Crippen molar-refractivity contribution in [2.75, 3.05) is 15.8 Å². The van der Waals surface area contributed by atoms with Crippen LogP contribution in [0.1, 0.15) is 22.8 Å². The Bertz CT molecular complexity index is 1130. The summed E-state index contributed by atoms with van der Waals surface area (Å²) < 4.78 is 28.4. The molecule has 0 radical (unpaired) electrons. The van der Waals surface area contributed by atoms with Gasteiger partial charge in [0.15, 0.2) is 4.34 Å². The fourth-order valence-corrected chi connectivity index (χ4v) is 5.20. The number of hydrogen-bond acceptors (Lipinski definition) is 7. The number of anilines is 2. The van der Waals surface area contributed by atoms with Crippen LogP contribution in [0.5, 0.6) is 0 Å². The van der Waals surface area contributed by atoms with Crippen LogP contribution in [0.4, 0.5) is 10.8 Å². The summed E-state index contributed by atoms with van der Waals surface area (Å²) in [7, 11) is -3.80. The van der Waals surface area contributed by atoms with E-state index in [-0.39, 0.29) is 21.2 Å². The van der Waals surface area contributed by atoms with Gasteiger partial charge in [0.25, 0.3) is 15.9 Å². The third-order valence-electron chi connectivity index (χ3n) is 3.69. The van der Waals surface area contributed by atoms with Gasteiger partial charge in [-0.25, -0.2) is 8.42 Å². The third-order valence-corrected chi connectivity index (χ3v) is 7.27. The molecule has 152 valence electrons. The minimum atomic E-state index is -3.80. The van der Waals surface area contributed by atoms with Crippen LogP contribution in [-0.2, 0) is 10.0 Å². The quantitative estimate of drug-likeness (QED) is 0.386. The van der Waals surface area contributed by atoms with E-state index in [0.717, 1.165) is 15.7 Å². The fraction of sp³-hybridized carbons (Fsp3) is 0.167. The monoisotopic (exact) mass is 468 g/mol. The molecule has 0 atom stereocenters. The van der Waals surface area contributed by atoms with Crippen LogP contribution >= 0.6 is 34.7 Å². The SMILES string of the molecule is CCSc1nnc(NC(=O)c2cc(NS(=O)(=O)c3ccc(C)cc3)ccc2Cl)s1. The molecule has 2 N–H and O–H groups in total. The van der Waals surface area contributed by atoms with Crippen LogP contribution in [0.15, 0.2) is 51.7 Å². The number of benzene rings is 2. The predicted molar refractivity (Wildman–Crippen MR) is 118 cm³/mol. The Kier molecular flexibility index (Phi) is 6.78. The lowest BCUT2D eigenvalue weighted by molar-refractivity contribution is 0.102. The number of carbonyl (C=O) groups is 1. The largest absolute Gasteiger partial charge is 0.296 e. The van der Waals surface area contributed by atoms with E-state index < -0.39 is 15.9 Å². The number of aryl methyl sites for hydroxylation is 1. The lowest BCUT2D eigenvalue weighted by Crippen LogP contribution is -2.15. The number of rotatable bonds is 7. The van der Waals surface area contributed by atoms with E-state index in [9.17, 15) is 13.2 Å². The molecule has 0 bridgehead atoms. The summed E-state index contributed by atoms with van der Waals surface area (Å²) in [4.78, 5) is 12.7. The molecule has 1 aromatic heterocycles. The van der Waals surface area contributed by atoms with Crippen molar-refractivity contribution in [3.05, 3.63) is 58.6 Å². The van der Waals surface area contributed by atoms with E-state index in [2.05, 4.69) is 20.2 Å². The Labute approximate surface area is 182 Å². The summed E-state index contributed by atoms with van der Waals surface area (Å²) in [6.07, 6.45) is 0. The molecule has 0 saturated carbocycles. The molecule has 3 aromatic rings. The molecule has 0 fully saturated rings. The van der Waals surface area contributed by atoms with Crippen LogP contribution in [0.3, 0.4) is 0 Å². The van der Waals surface area contributed by atoms with Gasteiger partial charge in [-0.2, -0.15) is 0 Å². The lowest BCUT2D eigenvalue weighted by atomic mass is 10.2. The highest BCUT2D eigenvalue weighted by molar-refractivity contribution is 8.01. The van der Waals surface area contributed by atoms with Crippen molar-refractivity contribution < 1.29 is 13.2 Å². The predicted octanol–water partition coefficient (Wildman–Crippen LogP) is 4.67. The first-order valence-corrected chi connectivity index (χ1v) is 12.1. The van der Waals surface area contributed by atoms with Gasteiger partial charge in [-0.05, 0) is 43.0 Å². The van der Waals surface area contributed by atoms with Crippen LogP contribution in [0.2, 0.25) is 5.02 Å². The molecule has 0 aliphatic heterocycles. The number of amides is 1. The van der Waals surface area contributed by atoms with Crippen molar-refractivity contribution in [3.63, 3.8) is 0 Å². The maximum atomic E-state index is 12.6. The summed E-state index contributed by atoms with van der Waals surface area (Å²) in [5.41, 5.74) is 1.29. The van der Waals surface area contributed by atoms with Gasteiger partial charge in [-0.1, -0.05) is 59.3 Å². The van der Waals surface area contributed by atoms with Gasteiger partial charge < -0.3 is 0 Å². The molecule has 0 aliphatic rings. The normalized spacial score (nSPS) is 11.3. The molecule has 1 heterocycles. The van der Waals surface area contributed by atoms with Gasteiger partial charge in [0.1, 0.15) is 0 Å². The van der Waals surface area contributed by atoms with Gasteiger partial charge >= 0.3 is 0 Å². The molecule has 0 saturated heterocycles. The number of sulfonamides is 1. The fourth-order valence-electron chi connectivity index (χ4n) is 2.30. The Balaban J connectivity index is 1.79. The molecule has 3 rings (SSSR count). The number of nitrogens with zero attached hydrogens (tertiary/aromatic N) is 2. The van der Waals surface area contributed by atoms with Gasteiger partial charge in [-0.3, -0.25) is 14.8 Å².